The minimum Gasteiger partial charge on any atom is -0.345 e. The highest BCUT2D eigenvalue weighted by Gasteiger charge is 2.23. The predicted octanol–water partition coefficient (Wildman–Crippen LogP) is 0.793. The molecule has 1 amide bonds. The lowest BCUT2D eigenvalue weighted by Crippen LogP contribution is -2.37. The van der Waals surface area contributed by atoms with E-state index in [1.165, 1.54) is 5.57 Å². The third-order valence-electron chi connectivity index (χ3n) is 1.79. The molecule has 0 heterocycles. The molecule has 0 saturated heterocycles. The van der Waals surface area contributed by atoms with Crippen molar-refractivity contribution in [2.24, 2.45) is 0 Å². The Hall–Kier alpha value is -0.790. The average Bonchev–Trinajstić information content (AvgIpc) is 1.79. The highest BCUT2D eigenvalue weighted by molar-refractivity contribution is 5.48. The first-order chi connectivity index (χ1) is 4.24. The Labute approximate surface area is 55.2 Å². The zero-order valence-corrected chi connectivity index (χ0v) is 5.63. The number of hydrogen-bond acceptors (Lipinski definition) is 1. The second-order valence-electron chi connectivity index (χ2n) is 2.58. The molecule has 0 spiro atoms. The summed E-state index contributed by atoms with van der Waals surface area (Å²) in [4.78, 5) is 11.8. The van der Waals surface area contributed by atoms with Crippen LogP contribution in [0.4, 0.5) is 0 Å². The van der Waals surface area contributed by atoms with Crippen molar-refractivity contribution < 1.29 is 4.79 Å². The van der Waals surface area contributed by atoms with Crippen molar-refractivity contribution >= 4 is 6.41 Å². The SMILES string of the molecule is C=C1CC(N(C)C=O)C1. The quantitative estimate of drug-likeness (QED) is 0.394. The highest BCUT2D eigenvalue weighted by Crippen LogP contribution is 2.27. The van der Waals surface area contributed by atoms with Crippen LogP contribution in [0.15, 0.2) is 12.2 Å². The van der Waals surface area contributed by atoms with Crippen LogP contribution in [0.2, 0.25) is 0 Å². The molecule has 1 rings (SSSR count). The molecular weight excluding hydrogens is 114 g/mol. The number of carbonyl (C=O) groups is 1. The van der Waals surface area contributed by atoms with E-state index in [9.17, 15) is 4.79 Å². The first-order valence-corrected chi connectivity index (χ1v) is 3.08. The molecule has 50 valence electrons. The fraction of sp³-hybridized carbons (Fsp3) is 0.571. The second-order valence-corrected chi connectivity index (χ2v) is 2.58. The van der Waals surface area contributed by atoms with Crippen LogP contribution in [0.25, 0.3) is 0 Å². The van der Waals surface area contributed by atoms with Gasteiger partial charge in [-0.15, -0.1) is 0 Å². The van der Waals surface area contributed by atoms with Crippen molar-refractivity contribution in [2.45, 2.75) is 18.9 Å². The molecule has 0 N–H and O–H groups in total. The van der Waals surface area contributed by atoms with Crippen LogP contribution in [-0.4, -0.2) is 24.4 Å². The summed E-state index contributed by atoms with van der Waals surface area (Å²) in [5.41, 5.74) is 1.26. The Kier molecular flexibility index (Phi) is 1.56. The van der Waals surface area contributed by atoms with Crippen LogP contribution >= 0.6 is 0 Å². The van der Waals surface area contributed by atoms with Crippen molar-refractivity contribution in [3.05, 3.63) is 12.2 Å². The van der Waals surface area contributed by atoms with Gasteiger partial charge < -0.3 is 4.90 Å². The lowest BCUT2D eigenvalue weighted by molar-refractivity contribution is -0.119. The highest BCUT2D eigenvalue weighted by atomic mass is 16.1. The van der Waals surface area contributed by atoms with Gasteiger partial charge in [0.1, 0.15) is 0 Å². The molecule has 0 bridgehead atoms. The summed E-state index contributed by atoms with van der Waals surface area (Å²) in [6.07, 6.45) is 2.86. The number of carbonyl (C=O) groups excluding carboxylic acids is 1. The van der Waals surface area contributed by atoms with Crippen LogP contribution in [0, 0.1) is 0 Å². The molecule has 0 radical (unpaired) electrons. The molecule has 2 heteroatoms. The molecule has 2 nitrogen and oxygen atoms in total. The van der Waals surface area contributed by atoms with E-state index in [-0.39, 0.29) is 0 Å². The van der Waals surface area contributed by atoms with Crippen molar-refractivity contribution in [3.8, 4) is 0 Å². The molecule has 9 heavy (non-hydrogen) atoms. The Bertz CT molecular complexity index is 134. The molecular formula is C7H11NO. The standard InChI is InChI=1S/C7H11NO/c1-6-3-7(4-6)8(2)5-9/h5,7H,1,3-4H2,2H3. The molecule has 0 atom stereocenters. The Morgan fingerprint density at radius 3 is 2.67 bits per heavy atom. The summed E-state index contributed by atoms with van der Waals surface area (Å²) in [6, 6.07) is 0.440. The normalized spacial score (nSPS) is 19.0. The summed E-state index contributed by atoms with van der Waals surface area (Å²) in [5, 5.41) is 0. The first kappa shape index (κ1) is 6.33. The summed E-state index contributed by atoms with van der Waals surface area (Å²) >= 11 is 0. The van der Waals surface area contributed by atoms with Gasteiger partial charge in [-0.2, -0.15) is 0 Å². The number of amides is 1. The van der Waals surface area contributed by atoms with Gasteiger partial charge in [0.05, 0.1) is 0 Å². The number of nitrogens with zero attached hydrogens (tertiary/aromatic N) is 1. The maximum Gasteiger partial charge on any atom is 0.209 e. The summed E-state index contributed by atoms with van der Waals surface area (Å²) in [6.45, 7) is 3.78. The predicted molar refractivity (Wildman–Crippen MR) is 36.0 cm³/mol. The third-order valence-corrected chi connectivity index (χ3v) is 1.79. The monoisotopic (exact) mass is 125 g/mol. The topological polar surface area (TPSA) is 20.3 Å². The Balaban J connectivity index is 2.30. The maximum absolute atomic E-state index is 10.1. The van der Waals surface area contributed by atoms with Gasteiger partial charge >= 0.3 is 0 Å². The zero-order valence-electron chi connectivity index (χ0n) is 5.63. The van der Waals surface area contributed by atoms with E-state index in [1.807, 2.05) is 7.05 Å². The van der Waals surface area contributed by atoms with Crippen molar-refractivity contribution in [3.63, 3.8) is 0 Å². The molecule has 0 aromatic carbocycles. The molecule has 0 aliphatic heterocycles. The fourth-order valence-corrected chi connectivity index (χ4v) is 0.981. The lowest BCUT2D eigenvalue weighted by Gasteiger charge is -2.33. The van der Waals surface area contributed by atoms with E-state index < -0.39 is 0 Å². The van der Waals surface area contributed by atoms with E-state index in [2.05, 4.69) is 6.58 Å². The van der Waals surface area contributed by atoms with E-state index >= 15 is 0 Å². The number of hydrogen-bond donors (Lipinski definition) is 0. The first-order valence-electron chi connectivity index (χ1n) is 3.08. The molecule has 1 fully saturated rings. The summed E-state index contributed by atoms with van der Waals surface area (Å²) in [7, 11) is 1.81. The van der Waals surface area contributed by atoms with Crippen LogP contribution in [0.5, 0.6) is 0 Å². The van der Waals surface area contributed by atoms with E-state index in [0.29, 0.717) is 6.04 Å². The largest absolute Gasteiger partial charge is 0.345 e. The van der Waals surface area contributed by atoms with Gasteiger partial charge in [-0.05, 0) is 12.8 Å². The fourth-order valence-electron chi connectivity index (χ4n) is 0.981. The zero-order chi connectivity index (χ0) is 6.85. The maximum atomic E-state index is 10.1. The van der Waals surface area contributed by atoms with E-state index in [4.69, 9.17) is 0 Å². The molecule has 1 saturated carbocycles. The van der Waals surface area contributed by atoms with Crippen molar-refractivity contribution in [1.82, 2.24) is 4.90 Å². The minimum atomic E-state index is 0.440. The summed E-state index contributed by atoms with van der Waals surface area (Å²) < 4.78 is 0. The minimum absolute atomic E-state index is 0.440. The smallest absolute Gasteiger partial charge is 0.209 e. The Morgan fingerprint density at radius 1 is 1.78 bits per heavy atom. The van der Waals surface area contributed by atoms with Crippen LogP contribution < -0.4 is 0 Å². The van der Waals surface area contributed by atoms with Crippen molar-refractivity contribution in [2.75, 3.05) is 7.05 Å². The van der Waals surface area contributed by atoms with Crippen LogP contribution in [-0.2, 0) is 4.79 Å². The van der Waals surface area contributed by atoms with Gasteiger partial charge in [-0.1, -0.05) is 12.2 Å². The average molecular weight is 125 g/mol. The van der Waals surface area contributed by atoms with Gasteiger partial charge in [-0.25, -0.2) is 0 Å². The van der Waals surface area contributed by atoms with Gasteiger partial charge in [0.25, 0.3) is 0 Å². The van der Waals surface area contributed by atoms with Crippen LogP contribution in [0.3, 0.4) is 0 Å². The molecule has 1 aliphatic rings. The lowest BCUT2D eigenvalue weighted by atomic mass is 9.87. The molecule has 0 unspecified atom stereocenters. The molecule has 1 aliphatic carbocycles. The third kappa shape index (κ3) is 1.12. The number of rotatable bonds is 2. The molecule has 0 aromatic rings. The van der Waals surface area contributed by atoms with Gasteiger partial charge in [-0.3, -0.25) is 4.79 Å². The Morgan fingerprint density at radius 2 is 2.33 bits per heavy atom. The summed E-state index contributed by atoms with van der Waals surface area (Å²) in [5.74, 6) is 0. The van der Waals surface area contributed by atoms with Crippen LogP contribution in [0.1, 0.15) is 12.8 Å². The van der Waals surface area contributed by atoms with Gasteiger partial charge in [0, 0.05) is 13.1 Å². The van der Waals surface area contributed by atoms with Gasteiger partial charge in [0.15, 0.2) is 0 Å². The van der Waals surface area contributed by atoms with E-state index in [1.54, 1.807) is 4.90 Å². The van der Waals surface area contributed by atoms with Crippen molar-refractivity contribution in [1.29, 1.82) is 0 Å². The molecule has 0 aromatic heterocycles. The van der Waals surface area contributed by atoms with Gasteiger partial charge in [0.2, 0.25) is 6.41 Å². The van der Waals surface area contributed by atoms with E-state index in [0.717, 1.165) is 19.3 Å². The second kappa shape index (κ2) is 2.21.